The van der Waals surface area contributed by atoms with Gasteiger partial charge in [0.2, 0.25) is 0 Å². The summed E-state index contributed by atoms with van der Waals surface area (Å²) in [6.07, 6.45) is 1.84. The van der Waals surface area contributed by atoms with E-state index in [0.717, 1.165) is 28.2 Å². The monoisotopic (exact) mass is 753 g/mol. The number of benzene rings is 3. The number of halogens is 1. The molecule has 0 N–H and O–H groups in total. The largest absolute Gasteiger partial charge is 0.490 e. The molecule has 0 unspecified atom stereocenters. The third kappa shape index (κ3) is 7.86. The van der Waals surface area contributed by atoms with Crippen LogP contribution in [0.5, 0.6) is 17.2 Å². The summed E-state index contributed by atoms with van der Waals surface area (Å²) in [7, 11) is 1.27. The lowest BCUT2D eigenvalue weighted by Gasteiger charge is -2.25. The molecule has 0 amide bonds. The molecular weight excluding hydrogens is 714 g/mol. The maximum atomic E-state index is 14.4. The van der Waals surface area contributed by atoms with E-state index in [2.05, 4.69) is 4.57 Å². The Morgan fingerprint density at radius 1 is 0.926 bits per heavy atom. The molecule has 1 aliphatic rings. The SMILES string of the molecule is CCOC(=O)C1=C(C)N=c2s/c(=C/c3cc(C)n(-c4ccc(OCc5cccc(F)c5)cc4)c3C)c(=O)n2[C@@H]1c1ccc(OCC(=O)OC)c(OCC)c1. The van der Waals surface area contributed by atoms with Crippen molar-refractivity contribution in [2.75, 3.05) is 26.9 Å². The van der Waals surface area contributed by atoms with E-state index in [0.29, 0.717) is 44.4 Å². The summed E-state index contributed by atoms with van der Waals surface area (Å²) >= 11 is 1.23. The number of esters is 2. The van der Waals surface area contributed by atoms with Crippen LogP contribution in [0.3, 0.4) is 0 Å². The third-order valence-corrected chi connectivity index (χ3v) is 9.80. The van der Waals surface area contributed by atoms with Gasteiger partial charge >= 0.3 is 11.9 Å². The lowest BCUT2D eigenvalue weighted by Crippen LogP contribution is -2.40. The Hall–Kier alpha value is -5.95. The molecule has 1 aliphatic heterocycles. The zero-order valence-electron chi connectivity index (χ0n) is 30.8. The number of carbonyl (C=O) groups excluding carboxylic acids is 2. The average molecular weight is 754 g/mol. The molecule has 0 aliphatic carbocycles. The number of hydrogen-bond acceptors (Lipinski definition) is 10. The predicted octanol–water partition coefficient (Wildman–Crippen LogP) is 5.87. The number of aromatic nitrogens is 2. The summed E-state index contributed by atoms with van der Waals surface area (Å²) in [5.74, 6) is -0.168. The highest BCUT2D eigenvalue weighted by atomic mass is 32.1. The van der Waals surface area contributed by atoms with Gasteiger partial charge < -0.3 is 28.3 Å². The molecule has 13 heteroatoms. The van der Waals surface area contributed by atoms with Crippen molar-refractivity contribution in [3.8, 4) is 22.9 Å². The van der Waals surface area contributed by atoms with Gasteiger partial charge in [-0.1, -0.05) is 29.5 Å². The van der Waals surface area contributed by atoms with Gasteiger partial charge in [-0.2, -0.15) is 0 Å². The average Bonchev–Trinajstić information content (AvgIpc) is 3.62. The Morgan fingerprint density at radius 3 is 2.41 bits per heavy atom. The smallest absolute Gasteiger partial charge is 0.343 e. The maximum absolute atomic E-state index is 14.4. The molecule has 3 aromatic carbocycles. The van der Waals surface area contributed by atoms with Crippen LogP contribution in [0.2, 0.25) is 0 Å². The molecule has 280 valence electrons. The van der Waals surface area contributed by atoms with E-state index >= 15 is 0 Å². The highest BCUT2D eigenvalue weighted by Gasteiger charge is 2.34. The number of allylic oxidation sites excluding steroid dienone is 1. The Labute approximate surface area is 315 Å². The van der Waals surface area contributed by atoms with E-state index in [1.54, 1.807) is 38.1 Å². The zero-order valence-corrected chi connectivity index (χ0v) is 31.6. The van der Waals surface area contributed by atoms with Crippen molar-refractivity contribution in [2.45, 2.75) is 47.3 Å². The number of fused-ring (bicyclic) bond motifs is 1. The van der Waals surface area contributed by atoms with E-state index in [4.69, 9.17) is 28.7 Å². The van der Waals surface area contributed by atoms with Crippen LogP contribution in [0.25, 0.3) is 11.8 Å². The van der Waals surface area contributed by atoms with Gasteiger partial charge in [0.1, 0.15) is 18.2 Å². The Kier molecular flexibility index (Phi) is 11.5. The summed E-state index contributed by atoms with van der Waals surface area (Å²) in [6, 6.07) is 20.1. The van der Waals surface area contributed by atoms with Gasteiger partial charge in [0.15, 0.2) is 22.9 Å². The second-order valence-corrected chi connectivity index (χ2v) is 13.4. The first kappa shape index (κ1) is 37.8. The number of hydrogen-bond donors (Lipinski definition) is 0. The molecule has 54 heavy (non-hydrogen) atoms. The van der Waals surface area contributed by atoms with Gasteiger partial charge in [-0.3, -0.25) is 9.36 Å². The van der Waals surface area contributed by atoms with Crippen LogP contribution in [0.4, 0.5) is 4.39 Å². The normalized spacial score (nSPS) is 14.0. The number of carbonyl (C=O) groups is 2. The molecule has 0 bridgehead atoms. The van der Waals surface area contributed by atoms with E-state index in [9.17, 15) is 18.8 Å². The fourth-order valence-corrected chi connectivity index (χ4v) is 7.38. The minimum absolute atomic E-state index is 0.136. The molecule has 3 heterocycles. The number of ether oxygens (including phenoxy) is 5. The summed E-state index contributed by atoms with van der Waals surface area (Å²) in [5.41, 5.74) is 5.24. The van der Waals surface area contributed by atoms with Crippen LogP contribution < -0.4 is 29.1 Å². The first-order chi connectivity index (χ1) is 26.0. The fourth-order valence-electron chi connectivity index (χ4n) is 6.34. The summed E-state index contributed by atoms with van der Waals surface area (Å²) in [6.45, 7) is 9.57. The molecule has 2 aromatic heterocycles. The number of thiazole rings is 1. The first-order valence-corrected chi connectivity index (χ1v) is 18.2. The number of nitrogens with zero attached hydrogens (tertiary/aromatic N) is 3. The minimum atomic E-state index is -0.884. The Morgan fingerprint density at radius 2 is 1.70 bits per heavy atom. The lowest BCUT2D eigenvalue weighted by molar-refractivity contribution is -0.143. The Bertz CT molecular complexity index is 2430. The summed E-state index contributed by atoms with van der Waals surface area (Å²) < 4.78 is 45.2. The summed E-state index contributed by atoms with van der Waals surface area (Å²) in [5, 5.41) is 0. The van der Waals surface area contributed by atoms with Gasteiger partial charge in [0.05, 0.1) is 42.2 Å². The fraction of sp³-hybridized carbons (Fsp3) is 0.268. The van der Waals surface area contributed by atoms with Crippen molar-refractivity contribution >= 4 is 29.4 Å². The van der Waals surface area contributed by atoms with Crippen LogP contribution in [-0.2, 0) is 25.7 Å². The second kappa shape index (κ2) is 16.4. The summed E-state index contributed by atoms with van der Waals surface area (Å²) in [4.78, 5) is 44.7. The molecule has 11 nitrogen and oxygen atoms in total. The van der Waals surface area contributed by atoms with E-state index in [1.165, 1.54) is 35.1 Å². The van der Waals surface area contributed by atoms with E-state index in [1.807, 2.05) is 63.2 Å². The van der Waals surface area contributed by atoms with Crippen molar-refractivity contribution in [1.82, 2.24) is 9.13 Å². The van der Waals surface area contributed by atoms with E-state index < -0.39 is 18.0 Å². The predicted molar refractivity (Wildman–Crippen MR) is 201 cm³/mol. The van der Waals surface area contributed by atoms with Gasteiger partial charge in [-0.05, 0) is 112 Å². The molecule has 0 saturated carbocycles. The van der Waals surface area contributed by atoms with Gasteiger partial charge in [-0.25, -0.2) is 19.0 Å². The molecule has 0 saturated heterocycles. The van der Waals surface area contributed by atoms with Gasteiger partial charge in [0, 0.05) is 17.1 Å². The quantitative estimate of drug-likeness (QED) is 0.137. The van der Waals surface area contributed by atoms with Crippen LogP contribution in [0, 0.1) is 19.7 Å². The van der Waals surface area contributed by atoms with Crippen molar-refractivity contribution in [3.05, 3.63) is 138 Å². The van der Waals surface area contributed by atoms with Crippen LogP contribution in [-0.4, -0.2) is 48.0 Å². The molecule has 1 atom stereocenters. The number of rotatable bonds is 13. The molecule has 0 fully saturated rings. The van der Waals surface area contributed by atoms with Gasteiger partial charge in [-0.15, -0.1) is 0 Å². The molecule has 0 radical (unpaired) electrons. The minimum Gasteiger partial charge on any atom is -0.490 e. The van der Waals surface area contributed by atoms with Crippen LogP contribution >= 0.6 is 11.3 Å². The third-order valence-electron chi connectivity index (χ3n) is 8.82. The topological polar surface area (TPSA) is 120 Å². The number of aryl methyl sites for hydroxylation is 1. The van der Waals surface area contributed by atoms with Crippen molar-refractivity contribution in [1.29, 1.82) is 0 Å². The standard InChI is InChI=1S/C41H40FN3O8S/c1-7-50-34-20-28(12-17-33(34)53-23-36(46)49-6)38-37(40(48)51-8-2)25(4)43-41-45(38)39(47)35(54-41)21-29-18-24(3)44(26(29)5)31-13-15-32(16-14-31)52-22-27-10-9-11-30(42)19-27/h9-21,38H,7-8,22-23H2,1-6H3/b35-21+/t38-/m1/s1. The zero-order chi connectivity index (χ0) is 38.5. The Balaban J connectivity index is 1.37. The lowest BCUT2D eigenvalue weighted by atomic mass is 9.95. The second-order valence-electron chi connectivity index (χ2n) is 12.4. The van der Waals surface area contributed by atoms with Gasteiger partial charge in [0.25, 0.3) is 5.56 Å². The van der Waals surface area contributed by atoms with Crippen molar-refractivity contribution in [3.63, 3.8) is 0 Å². The highest BCUT2D eigenvalue weighted by Crippen LogP contribution is 2.36. The molecule has 5 aromatic rings. The molecular formula is C41H40FN3O8S. The van der Waals surface area contributed by atoms with Crippen LogP contribution in [0.1, 0.15) is 54.9 Å². The van der Waals surface area contributed by atoms with Crippen LogP contribution in [0.15, 0.2) is 93.9 Å². The number of methoxy groups -OCH3 is 1. The molecule has 6 rings (SSSR count). The first-order valence-electron chi connectivity index (χ1n) is 17.4. The maximum Gasteiger partial charge on any atom is 0.343 e. The van der Waals surface area contributed by atoms with Crippen molar-refractivity contribution in [2.24, 2.45) is 4.99 Å². The highest BCUT2D eigenvalue weighted by molar-refractivity contribution is 7.07. The van der Waals surface area contributed by atoms with E-state index in [-0.39, 0.29) is 36.8 Å². The van der Waals surface area contributed by atoms with Crippen molar-refractivity contribution < 1.29 is 37.7 Å². The molecule has 0 spiro atoms.